The molecule has 96 valence electrons. The summed E-state index contributed by atoms with van der Waals surface area (Å²) in [7, 11) is 0. The number of hydrogen-bond acceptors (Lipinski definition) is 2. The van der Waals surface area contributed by atoms with Crippen LogP contribution in [-0.4, -0.2) is 30.3 Å². The molecule has 2 unspecified atom stereocenters. The van der Waals surface area contributed by atoms with Gasteiger partial charge in [-0.1, -0.05) is 30.2 Å². The lowest BCUT2D eigenvalue weighted by molar-refractivity contribution is 0.0941. The molecule has 2 nitrogen and oxygen atoms in total. The van der Waals surface area contributed by atoms with Gasteiger partial charge in [-0.05, 0) is 37.7 Å². The number of ketones is 1. The van der Waals surface area contributed by atoms with Crippen LogP contribution in [-0.2, 0) is 0 Å². The minimum atomic E-state index is 0.277. The molecule has 0 amide bonds. The van der Waals surface area contributed by atoms with E-state index >= 15 is 0 Å². The van der Waals surface area contributed by atoms with Crippen molar-refractivity contribution in [2.24, 2.45) is 11.8 Å². The molecule has 1 saturated heterocycles. The average Bonchev–Trinajstić information content (AvgIpc) is 2.89. The van der Waals surface area contributed by atoms with E-state index in [9.17, 15) is 4.79 Å². The zero-order valence-corrected chi connectivity index (χ0v) is 11.1. The van der Waals surface area contributed by atoms with E-state index in [4.69, 9.17) is 0 Å². The topological polar surface area (TPSA) is 20.3 Å². The van der Waals surface area contributed by atoms with E-state index in [1.807, 2.05) is 31.2 Å². The minimum absolute atomic E-state index is 0.277. The van der Waals surface area contributed by atoms with Crippen LogP contribution in [0, 0.1) is 18.8 Å². The van der Waals surface area contributed by atoms with Gasteiger partial charge >= 0.3 is 0 Å². The number of Topliss-reactive ketones (excluding diaryl/α,β-unsaturated/α-hetero) is 1. The summed E-state index contributed by atoms with van der Waals surface area (Å²) >= 11 is 0. The SMILES string of the molecule is Cc1cccc(C(=O)CN2CC3CCCC3C2)c1. The molecule has 1 aromatic rings. The molecule has 0 bridgehead atoms. The van der Waals surface area contributed by atoms with Crippen molar-refractivity contribution in [1.29, 1.82) is 0 Å². The number of hydrogen-bond donors (Lipinski definition) is 0. The smallest absolute Gasteiger partial charge is 0.176 e. The van der Waals surface area contributed by atoms with Gasteiger partial charge in [0.1, 0.15) is 0 Å². The standard InChI is InChI=1S/C16H21NO/c1-12-4-2-5-13(8-12)16(18)11-17-9-14-6-3-7-15(14)10-17/h2,4-5,8,14-15H,3,6-7,9-11H2,1H3. The van der Waals surface area contributed by atoms with Crippen molar-refractivity contribution in [3.05, 3.63) is 35.4 Å². The van der Waals surface area contributed by atoms with Crippen molar-refractivity contribution >= 4 is 5.78 Å². The van der Waals surface area contributed by atoms with Gasteiger partial charge < -0.3 is 0 Å². The molecule has 1 saturated carbocycles. The number of rotatable bonds is 3. The molecule has 1 aliphatic carbocycles. The highest BCUT2D eigenvalue weighted by atomic mass is 16.1. The summed E-state index contributed by atoms with van der Waals surface area (Å²) in [5.74, 6) is 2.02. The Morgan fingerprint density at radius 1 is 1.28 bits per heavy atom. The van der Waals surface area contributed by atoms with E-state index in [1.54, 1.807) is 0 Å². The van der Waals surface area contributed by atoms with Crippen molar-refractivity contribution in [3.8, 4) is 0 Å². The number of carbonyl (C=O) groups excluding carboxylic acids is 1. The molecular formula is C16H21NO. The van der Waals surface area contributed by atoms with Gasteiger partial charge in [-0.3, -0.25) is 9.69 Å². The molecule has 1 heterocycles. The Bertz CT molecular complexity index is 442. The Labute approximate surface area is 109 Å². The van der Waals surface area contributed by atoms with Crippen LogP contribution in [0.1, 0.15) is 35.2 Å². The molecular weight excluding hydrogens is 222 g/mol. The fourth-order valence-corrected chi connectivity index (χ4v) is 3.57. The highest BCUT2D eigenvalue weighted by molar-refractivity contribution is 5.97. The lowest BCUT2D eigenvalue weighted by atomic mass is 10.0. The third kappa shape index (κ3) is 2.35. The fourth-order valence-electron chi connectivity index (χ4n) is 3.57. The Balaban J connectivity index is 1.62. The van der Waals surface area contributed by atoms with Crippen LogP contribution in [0.5, 0.6) is 0 Å². The predicted molar refractivity (Wildman–Crippen MR) is 72.8 cm³/mol. The summed E-state index contributed by atoms with van der Waals surface area (Å²) in [4.78, 5) is 14.6. The molecule has 0 aromatic heterocycles. The molecule has 1 aromatic carbocycles. The second-order valence-electron chi connectivity index (χ2n) is 5.94. The summed E-state index contributed by atoms with van der Waals surface area (Å²) in [6, 6.07) is 7.95. The monoisotopic (exact) mass is 243 g/mol. The molecule has 2 aliphatic rings. The third-order valence-corrected chi connectivity index (χ3v) is 4.51. The van der Waals surface area contributed by atoms with Crippen molar-refractivity contribution in [1.82, 2.24) is 4.90 Å². The first-order valence-corrected chi connectivity index (χ1v) is 7.04. The quantitative estimate of drug-likeness (QED) is 0.761. The van der Waals surface area contributed by atoms with Gasteiger partial charge in [0.25, 0.3) is 0 Å². The normalized spacial score (nSPS) is 27.4. The molecule has 2 heteroatoms. The first-order chi connectivity index (χ1) is 8.72. The first kappa shape index (κ1) is 11.9. The first-order valence-electron chi connectivity index (χ1n) is 7.04. The van der Waals surface area contributed by atoms with E-state index in [0.717, 1.165) is 30.5 Å². The van der Waals surface area contributed by atoms with E-state index in [1.165, 1.54) is 24.8 Å². The molecule has 2 atom stereocenters. The number of nitrogens with zero attached hydrogens (tertiary/aromatic N) is 1. The Kier molecular flexibility index (Phi) is 3.21. The molecule has 3 rings (SSSR count). The maximum Gasteiger partial charge on any atom is 0.176 e. The summed E-state index contributed by atoms with van der Waals surface area (Å²) in [5, 5.41) is 0. The van der Waals surface area contributed by atoms with Gasteiger partial charge in [0.15, 0.2) is 5.78 Å². The average molecular weight is 243 g/mol. The van der Waals surface area contributed by atoms with Crippen molar-refractivity contribution in [3.63, 3.8) is 0 Å². The molecule has 1 aliphatic heterocycles. The van der Waals surface area contributed by atoms with Crippen LogP contribution >= 0.6 is 0 Å². The number of aryl methyl sites for hydroxylation is 1. The number of fused-ring (bicyclic) bond motifs is 1. The Morgan fingerprint density at radius 3 is 2.67 bits per heavy atom. The minimum Gasteiger partial charge on any atom is -0.295 e. The van der Waals surface area contributed by atoms with Gasteiger partial charge in [-0.2, -0.15) is 0 Å². The summed E-state index contributed by atoms with van der Waals surface area (Å²) in [5.41, 5.74) is 2.03. The highest BCUT2D eigenvalue weighted by Gasteiger charge is 2.36. The highest BCUT2D eigenvalue weighted by Crippen LogP contribution is 2.37. The van der Waals surface area contributed by atoms with Gasteiger partial charge in [-0.25, -0.2) is 0 Å². The van der Waals surface area contributed by atoms with Crippen molar-refractivity contribution < 1.29 is 4.79 Å². The lowest BCUT2D eigenvalue weighted by Gasteiger charge is -2.15. The van der Waals surface area contributed by atoms with E-state index in [2.05, 4.69) is 4.90 Å². The number of carbonyl (C=O) groups is 1. The maximum absolute atomic E-state index is 12.2. The fraction of sp³-hybridized carbons (Fsp3) is 0.562. The largest absolute Gasteiger partial charge is 0.295 e. The molecule has 18 heavy (non-hydrogen) atoms. The van der Waals surface area contributed by atoms with E-state index in [-0.39, 0.29) is 5.78 Å². The van der Waals surface area contributed by atoms with Gasteiger partial charge in [0.05, 0.1) is 6.54 Å². The van der Waals surface area contributed by atoms with Gasteiger partial charge in [0, 0.05) is 18.7 Å². The Hall–Kier alpha value is -1.15. The lowest BCUT2D eigenvalue weighted by Crippen LogP contribution is -2.28. The van der Waals surface area contributed by atoms with Crippen molar-refractivity contribution in [2.45, 2.75) is 26.2 Å². The second-order valence-corrected chi connectivity index (χ2v) is 5.94. The summed E-state index contributed by atoms with van der Waals surface area (Å²) < 4.78 is 0. The van der Waals surface area contributed by atoms with Crippen LogP contribution in [0.25, 0.3) is 0 Å². The third-order valence-electron chi connectivity index (χ3n) is 4.51. The van der Waals surface area contributed by atoms with Crippen LogP contribution in [0.2, 0.25) is 0 Å². The van der Waals surface area contributed by atoms with E-state index in [0.29, 0.717) is 6.54 Å². The van der Waals surface area contributed by atoms with Crippen LogP contribution < -0.4 is 0 Å². The molecule has 0 spiro atoms. The maximum atomic E-state index is 12.2. The zero-order chi connectivity index (χ0) is 12.5. The number of benzene rings is 1. The van der Waals surface area contributed by atoms with Gasteiger partial charge in [-0.15, -0.1) is 0 Å². The molecule has 2 fully saturated rings. The molecule has 0 N–H and O–H groups in total. The van der Waals surface area contributed by atoms with Crippen LogP contribution in [0.3, 0.4) is 0 Å². The van der Waals surface area contributed by atoms with E-state index < -0.39 is 0 Å². The van der Waals surface area contributed by atoms with Crippen LogP contribution in [0.15, 0.2) is 24.3 Å². The second kappa shape index (κ2) is 4.85. The summed E-state index contributed by atoms with van der Waals surface area (Å²) in [6.07, 6.45) is 4.15. The zero-order valence-electron chi connectivity index (χ0n) is 11.1. The Morgan fingerprint density at radius 2 is 2.00 bits per heavy atom. The van der Waals surface area contributed by atoms with Gasteiger partial charge in [0.2, 0.25) is 0 Å². The van der Waals surface area contributed by atoms with Crippen molar-refractivity contribution in [2.75, 3.05) is 19.6 Å². The molecule has 0 radical (unpaired) electrons. The predicted octanol–water partition coefficient (Wildman–Crippen LogP) is 2.91. The van der Waals surface area contributed by atoms with Crippen LogP contribution in [0.4, 0.5) is 0 Å². The number of likely N-dealkylation sites (tertiary alicyclic amines) is 1. The summed E-state index contributed by atoms with van der Waals surface area (Å²) in [6.45, 7) is 4.93.